The molecule has 4 nitrogen and oxygen atoms in total. The first-order valence-corrected chi connectivity index (χ1v) is 10.0. The lowest BCUT2D eigenvalue weighted by Crippen LogP contribution is -2.43. The summed E-state index contributed by atoms with van der Waals surface area (Å²) in [5.41, 5.74) is 0.795. The number of carbonyl (C=O) groups excluding carboxylic acids is 1. The summed E-state index contributed by atoms with van der Waals surface area (Å²) in [5, 5.41) is 9.40. The van der Waals surface area contributed by atoms with Crippen molar-refractivity contribution in [3.63, 3.8) is 0 Å². The molecular formula is C22H31NO3. The van der Waals surface area contributed by atoms with Gasteiger partial charge in [-0.15, -0.1) is 0 Å². The molecule has 0 heterocycles. The summed E-state index contributed by atoms with van der Waals surface area (Å²) < 4.78 is 0. The summed E-state index contributed by atoms with van der Waals surface area (Å²) in [6.45, 7) is 2.78. The molecule has 0 bridgehead atoms. The lowest BCUT2D eigenvalue weighted by Gasteiger charge is -2.38. The van der Waals surface area contributed by atoms with Gasteiger partial charge in [-0.2, -0.15) is 0 Å². The average Bonchev–Trinajstić information content (AvgIpc) is 3.45. The second kappa shape index (κ2) is 8.24. The van der Waals surface area contributed by atoms with Crippen molar-refractivity contribution in [2.75, 3.05) is 0 Å². The van der Waals surface area contributed by atoms with Gasteiger partial charge >= 0.3 is 5.97 Å². The number of nitrogens with zero attached hydrogens (tertiary/aromatic N) is 1. The van der Waals surface area contributed by atoms with Crippen LogP contribution in [-0.4, -0.2) is 27.9 Å². The summed E-state index contributed by atoms with van der Waals surface area (Å²) in [6.07, 6.45) is 7.85. The second-order valence-electron chi connectivity index (χ2n) is 8.39. The molecule has 1 N–H and O–H groups in total. The van der Waals surface area contributed by atoms with E-state index in [-0.39, 0.29) is 23.8 Å². The predicted molar refractivity (Wildman–Crippen MR) is 102 cm³/mol. The van der Waals surface area contributed by atoms with Crippen molar-refractivity contribution in [1.29, 1.82) is 0 Å². The summed E-state index contributed by atoms with van der Waals surface area (Å²) in [7, 11) is 0. The van der Waals surface area contributed by atoms with Crippen molar-refractivity contribution in [1.82, 2.24) is 4.90 Å². The van der Waals surface area contributed by atoms with E-state index in [0.717, 1.165) is 37.7 Å². The first kappa shape index (κ1) is 18.9. The number of rotatable bonds is 8. The zero-order valence-electron chi connectivity index (χ0n) is 15.8. The number of carbonyl (C=O) groups is 2. The van der Waals surface area contributed by atoms with Crippen LogP contribution in [0.15, 0.2) is 30.3 Å². The standard InChI is InChI=1S/C22H31NO3/c1-17(19-10-11-19)23(16-18-8-4-2-5-9-18)20(24)14-22(15-21(25)26)12-6-3-7-13-22/h2,4-5,8-9,17,19H,3,6-7,10-16H2,1H3,(H,25,26). The molecule has 0 saturated heterocycles. The van der Waals surface area contributed by atoms with E-state index < -0.39 is 5.97 Å². The van der Waals surface area contributed by atoms with E-state index in [4.69, 9.17) is 0 Å². The molecule has 0 aromatic heterocycles. The minimum absolute atomic E-state index is 0.121. The molecule has 2 aliphatic carbocycles. The SMILES string of the molecule is CC(C1CC1)N(Cc1ccccc1)C(=O)CC1(CC(=O)O)CCCCC1. The second-order valence-corrected chi connectivity index (χ2v) is 8.39. The van der Waals surface area contributed by atoms with Crippen LogP contribution in [0, 0.1) is 11.3 Å². The van der Waals surface area contributed by atoms with Crippen LogP contribution in [-0.2, 0) is 16.1 Å². The van der Waals surface area contributed by atoms with Gasteiger partial charge in [0.15, 0.2) is 0 Å². The van der Waals surface area contributed by atoms with Gasteiger partial charge in [-0.1, -0.05) is 49.6 Å². The van der Waals surface area contributed by atoms with E-state index in [1.54, 1.807) is 0 Å². The van der Waals surface area contributed by atoms with Gasteiger partial charge in [-0.05, 0) is 49.5 Å². The van der Waals surface area contributed by atoms with Crippen molar-refractivity contribution < 1.29 is 14.7 Å². The van der Waals surface area contributed by atoms with Gasteiger partial charge in [0.25, 0.3) is 0 Å². The van der Waals surface area contributed by atoms with Crippen LogP contribution < -0.4 is 0 Å². The number of carboxylic acid groups (broad SMARTS) is 1. The predicted octanol–water partition coefficient (Wildman–Crippen LogP) is 4.63. The Hall–Kier alpha value is -1.84. The lowest BCUT2D eigenvalue weighted by molar-refractivity contribution is -0.143. The van der Waals surface area contributed by atoms with Gasteiger partial charge in [-0.25, -0.2) is 0 Å². The zero-order valence-corrected chi connectivity index (χ0v) is 15.8. The van der Waals surface area contributed by atoms with E-state index in [1.807, 2.05) is 23.1 Å². The number of aliphatic carboxylic acids is 1. The van der Waals surface area contributed by atoms with Crippen molar-refractivity contribution in [2.45, 2.75) is 77.3 Å². The lowest BCUT2D eigenvalue weighted by atomic mass is 9.69. The summed E-state index contributed by atoms with van der Waals surface area (Å²) >= 11 is 0. The van der Waals surface area contributed by atoms with Crippen molar-refractivity contribution >= 4 is 11.9 Å². The molecule has 0 aliphatic heterocycles. The van der Waals surface area contributed by atoms with Crippen molar-refractivity contribution in [2.24, 2.45) is 11.3 Å². The van der Waals surface area contributed by atoms with Crippen molar-refractivity contribution in [3.05, 3.63) is 35.9 Å². The van der Waals surface area contributed by atoms with Gasteiger partial charge in [0.1, 0.15) is 0 Å². The first-order valence-electron chi connectivity index (χ1n) is 10.0. The molecule has 2 fully saturated rings. The van der Waals surface area contributed by atoms with Crippen LogP contribution in [0.1, 0.15) is 70.3 Å². The molecule has 1 atom stereocenters. The van der Waals surface area contributed by atoms with Gasteiger partial charge in [0.2, 0.25) is 5.91 Å². The average molecular weight is 357 g/mol. The Bertz CT molecular complexity index is 618. The Labute approximate surface area is 156 Å². The Morgan fingerprint density at radius 2 is 1.77 bits per heavy atom. The molecule has 2 saturated carbocycles. The van der Waals surface area contributed by atoms with Crippen LogP contribution in [0.5, 0.6) is 0 Å². The summed E-state index contributed by atoms with van der Waals surface area (Å²) in [5.74, 6) is -0.0367. The third kappa shape index (κ3) is 4.87. The Morgan fingerprint density at radius 1 is 1.12 bits per heavy atom. The highest BCUT2D eigenvalue weighted by Crippen LogP contribution is 2.44. The molecule has 1 unspecified atom stereocenters. The number of carboxylic acids is 1. The molecule has 142 valence electrons. The molecule has 3 rings (SSSR count). The fraction of sp³-hybridized carbons (Fsp3) is 0.636. The normalized spacial score (nSPS) is 20.3. The largest absolute Gasteiger partial charge is 0.481 e. The van der Waals surface area contributed by atoms with Gasteiger partial charge in [0, 0.05) is 19.0 Å². The molecule has 2 aliphatic rings. The number of hydrogen-bond acceptors (Lipinski definition) is 2. The fourth-order valence-electron chi connectivity index (χ4n) is 4.53. The Balaban J connectivity index is 1.75. The van der Waals surface area contributed by atoms with E-state index >= 15 is 0 Å². The van der Waals surface area contributed by atoms with E-state index in [2.05, 4.69) is 19.1 Å². The van der Waals surface area contributed by atoms with E-state index in [1.165, 1.54) is 12.8 Å². The smallest absolute Gasteiger partial charge is 0.303 e. The van der Waals surface area contributed by atoms with Crippen LogP contribution in [0.3, 0.4) is 0 Å². The van der Waals surface area contributed by atoms with E-state index in [9.17, 15) is 14.7 Å². The van der Waals surface area contributed by atoms with Gasteiger partial charge in [-0.3, -0.25) is 9.59 Å². The third-order valence-corrected chi connectivity index (χ3v) is 6.28. The first-order chi connectivity index (χ1) is 12.5. The third-order valence-electron chi connectivity index (χ3n) is 6.28. The minimum atomic E-state index is -0.774. The Morgan fingerprint density at radius 3 is 2.35 bits per heavy atom. The van der Waals surface area contributed by atoms with Crippen LogP contribution >= 0.6 is 0 Å². The monoisotopic (exact) mass is 357 g/mol. The molecule has 1 aromatic rings. The maximum atomic E-state index is 13.3. The number of benzene rings is 1. The molecule has 1 amide bonds. The van der Waals surface area contributed by atoms with Crippen LogP contribution in [0.2, 0.25) is 0 Å². The topological polar surface area (TPSA) is 57.6 Å². The summed E-state index contributed by atoms with van der Waals surface area (Å²) in [6, 6.07) is 10.4. The van der Waals surface area contributed by atoms with Gasteiger partial charge < -0.3 is 10.0 Å². The highest BCUT2D eigenvalue weighted by atomic mass is 16.4. The summed E-state index contributed by atoms with van der Waals surface area (Å²) in [4.78, 5) is 26.8. The molecule has 4 heteroatoms. The molecule has 0 spiro atoms. The van der Waals surface area contributed by atoms with Crippen LogP contribution in [0.25, 0.3) is 0 Å². The molecule has 1 aromatic carbocycles. The fourth-order valence-corrected chi connectivity index (χ4v) is 4.53. The maximum Gasteiger partial charge on any atom is 0.303 e. The zero-order chi connectivity index (χ0) is 18.6. The Kier molecular flexibility index (Phi) is 6.00. The maximum absolute atomic E-state index is 13.3. The number of hydrogen-bond donors (Lipinski definition) is 1. The molecule has 0 radical (unpaired) electrons. The molecular weight excluding hydrogens is 326 g/mol. The number of amides is 1. The minimum Gasteiger partial charge on any atom is -0.481 e. The molecule has 26 heavy (non-hydrogen) atoms. The van der Waals surface area contributed by atoms with Gasteiger partial charge in [0.05, 0.1) is 6.42 Å². The van der Waals surface area contributed by atoms with Crippen LogP contribution in [0.4, 0.5) is 0 Å². The highest BCUT2D eigenvalue weighted by Gasteiger charge is 2.40. The highest BCUT2D eigenvalue weighted by molar-refractivity contribution is 5.78. The van der Waals surface area contributed by atoms with Crippen molar-refractivity contribution in [3.8, 4) is 0 Å². The van der Waals surface area contributed by atoms with E-state index in [0.29, 0.717) is 18.9 Å². The quantitative estimate of drug-likeness (QED) is 0.738.